The third kappa shape index (κ3) is 6.28. The van der Waals surface area contributed by atoms with Gasteiger partial charge in [-0.2, -0.15) is 0 Å². The molecule has 3 nitrogen and oxygen atoms in total. The van der Waals surface area contributed by atoms with Crippen LogP contribution in [0.15, 0.2) is 12.2 Å². The molecule has 0 aliphatic heterocycles. The van der Waals surface area contributed by atoms with Gasteiger partial charge in [-0.25, -0.2) is 4.79 Å². The molecule has 0 saturated heterocycles. The molecule has 0 heterocycles. The monoisotopic (exact) mass is 211 g/mol. The molecule has 0 aromatic rings. The quantitative estimate of drug-likeness (QED) is 0.501. The predicted molar refractivity (Wildman–Crippen MR) is 60.8 cm³/mol. The number of rotatable bonds is 7. The van der Waals surface area contributed by atoms with Gasteiger partial charge in [0.2, 0.25) is 0 Å². The highest BCUT2D eigenvalue weighted by Gasteiger charge is 2.13. The maximum absolute atomic E-state index is 10.1. The zero-order chi connectivity index (χ0) is 10.9. The fourth-order valence-electron chi connectivity index (χ4n) is 2.16. The van der Waals surface area contributed by atoms with Crippen LogP contribution in [-0.2, 0) is 4.79 Å². The SMILES string of the molecule is O=C(O)/C=C/CNCCCC1CCCC1. The lowest BCUT2D eigenvalue weighted by Crippen LogP contribution is -2.16. The Kier molecular flexibility index (Phi) is 6.09. The number of hydrogen-bond donors (Lipinski definition) is 2. The van der Waals surface area contributed by atoms with E-state index >= 15 is 0 Å². The van der Waals surface area contributed by atoms with Crippen molar-refractivity contribution in [3.8, 4) is 0 Å². The normalized spacial score (nSPS) is 17.6. The molecule has 1 saturated carbocycles. The van der Waals surface area contributed by atoms with Gasteiger partial charge in [-0.15, -0.1) is 0 Å². The van der Waals surface area contributed by atoms with Crippen molar-refractivity contribution in [1.29, 1.82) is 0 Å². The Morgan fingerprint density at radius 3 is 2.80 bits per heavy atom. The van der Waals surface area contributed by atoms with Crippen LogP contribution in [0.2, 0.25) is 0 Å². The third-order valence-corrected chi connectivity index (χ3v) is 2.96. The average Bonchev–Trinajstić information content (AvgIpc) is 2.68. The molecule has 0 atom stereocenters. The van der Waals surface area contributed by atoms with E-state index in [4.69, 9.17) is 5.11 Å². The Labute approximate surface area is 91.6 Å². The Hall–Kier alpha value is -0.830. The molecule has 86 valence electrons. The summed E-state index contributed by atoms with van der Waals surface area (Å²) in [6.07, 6.45) is 11.0. The fraction of sp³-hybridized carbons (Fsp3) is 0.750. The molecule has 0 aromatic heterocycles. The van der Waals surface area contributed by atoms with Crippen LogP contribution in [0.25, 0.3) is 0 Å². The first-order chi connectivity index (χ1) is 7.29. The van der Waals surface area contributed by atoms with Crippen molar-refractivity contribution in [1.82, 2.24) is 5.32 Å². The second-order valence-corrected chi connectivity index (χ2v) is 4.24. The largest absolute Gasteiger partial charge is 0.478 e. The minimum absolute atomic E-state index is 0.664. The highest BCUT2D eigenvalue weighted by Crippen LogP contribution is 2.28. The molecule has 0 spiro atoms. The van der Waals surface area contributed by atoms with E-state index in [1.807, 2.05) is 0 Å². The lowest BCUT2D eigenvalue weighted by molar-refractivity contribution is -0.131. The Bertz CT molecular complexity index is 208. The summed E-state index contributed by atoms with van der Waals surface area (Å²) < 4.78 is 0. The van der Waals surface area contributed by atoms with Gasteiger partial charge < -0.3 is 10.4 Å². The number of nitrogens with one attached hydrogen (secondary N) is 1. The van der Waals surface area contributed by atoms with Gasteiger partial charge in [0.25, 0.3) is 0 Å². The Morgan fingerprint density at radius 2 is 2.13 bits per heavy atom. The van der Waals surface area contributed by atoms with Crippen molar-refractivity contribution in [2.45, 2.75) is 38.5 Å². The summed E-state index contributed by atoms with van der Waals surface area (Å²) in [6, 6.07) is 0. The van der Waals surface area contributed by atoms with Crippen molar-refractivity contribution in [3.63, 3.8) is 0 Å². The van der Waals surface area contributed by atoms with Crippen molar-refractivity contribution in [2.75, 3.05) is 13.1 Å². The van der Waals surface area contributed by atoms with Crippen LogP contribution in [0.3, 0.4) is 0 Å². The Morgan fingerprint density at radius 1 is 1.40 bits per heavy atom. The number of carboxylic acid groups (broad SMARTS) is 1. The molecule has 1 aliphatic carbocycles. The molecule has 1 fully saturated rings. The summed E-state index contributed by atoms with van der Waals surface area (Å²) in [5.74, 6) is 0.0871. The van der Waals surface area contributed by atoms with E-state index in [9.17, 15) is 4.79 Å². The lowest BCUT2D eigenvalue weighted by atomic mass is 10.0. The van der Waals surface area contributed by atoms with Gasteiger partial charge in [0.05, 0.1) is 0 Å². The van der Waals surface area contributed by atoms with E-state index < -0.39 is 5.97 Å². The molecule has 0 bridgehead atoms. The topological polar surface area (TPSA) is 49.3 Å². The highest BCUT2D eigenvalue weighted by atomic mass is 16.4. The van der Waals surface area contributed by atoms with Gasteiger partial charge >= 0.3 is 5.97 Å². The first kappa shape index (κ1) is 12.2. The summed E-state index contributed by atoms with van der Waals surface area (Å²) >= 11 is 0. The summed E-state index contributed by atoms with van der Waals surface area (Å²) in [5, 5.41) is 11.6. The smallest absolute Gasteiger partial charge is 0.328 e. The first-order valence-electron chi connectivity index (χ1n) is 5.89. The number of hydrogen-bond acceptors (Lipinski definition) is 2. The molecular formula is C12H21NO2. The van der Waals surface area contributed by atoms with Crippen LogP contribution in [0.1, 0.15) is 38.5 Å². The standard InChI is InChI=1S/C12H21NO2/c14-12(15)8-4-10-13-9-3-7-11-5-1-2-6-11/h4,8,11,13H,1-3,5-7,9-10H2,(H,14,15)/b8-4+. The van der Waals surface area contributed by atoms with Crippen molar-refractivity contribution >= 4 is 5.97 Å². The predicted octanol–water partition coefficient (Wildman–Crippen LogP) is 2.19. The first-order valence-corrected chi connectivity index (χ1v) is 5.89. The zero-order valence-corrected chi connectivity index (χ0v) is 9.24. The van der Waals surface area contributed by atoms with E-state index in [-0.39, 0.29) is 0 Å². The van der Waals surface area contributed by atoms with E-state index in [1.54, 1.807) is 6.08 Å². The molecule has 0 amide bonds. The molecule has 0 unspecified atom stereocenters. The molecule has 1 rings (SSSR count). The van der Waals surface area contributed by atoms with Gasteiger partial charge in [0.15, 0.2) is 0 Å². The van der Waals surface area contributed by atoms with Crippen LogP contribution in [0.5, 0.6) is 0 Å². The molecule has 15 heavy (non-hydrogen) atoms. The average molecular weight is 211 g/mol. The summed E-state index contributed by atoms with van der Waals surface area (Å²) in [4.78, 5) is 10.1. The minimum Gasteiger partial charge on any atom is -0.478 e. The number of carbonyl (C=O) groups is 1. The lowest BCUT2D eigenvalue weighted by Gasteiger charge is -2.07. The van der Waals surface area contributed by atoms with Gasteiger partial charge in [-0.3, -0.25) is 0 Å². The minimum atomic E-state index is -0.872. The van der Waals surface area contributed by atoms with Crippen molar-refractivity contribution < 1.29 is 9.90 Å². The molecular weight excluding hydrogens is 190 g/mol. The Balaban J connectivity index is 1.86. The van der Waals surface area contributed by atoms with E-state index in [0.29, 0.717) is 6.54 Å². The van der Waals surface area contributed by atoms with E-state index in [2.05, 4.69) is 5.32 Å². The number of carboxylic acids is 1. The second kappa shape index (κ2) is 7.46. The molecule has 0 radical (unpaired) electrons. The van der Waals surface area contributed by atoms with Crippen molar-refractivity contribution in [2.24, 2.45) is 5.92 Å². The number of aliphatic carboxylic acids is 1. The van der Waals surface area contributed by atoms with E-state index in [0.717, 1.165) is 12.5 Å². The van der Waals surface area contributed by atoms with E-state index in [1.165, 1.54) is 44.6 Å². The van der Waals surface area contributed by atoms with Gasteiger partial charge in [0.1, 0.15) is 0 Å². The second-order valence-electron chi connectivity index (χ2n) is 4.24. The van der Waals surface area contributed by atoms with Crippen molar-refractivity contribution in [3.05, 3.63) is 12.2 Å². The zero-order valence-electron chi connectivity index (χ0n) is 9.24. The molecule has 0 aromatic carbocycles. The molecule has 3 heteroatoms. The fourth-order valence-corrected chi connectivity index (χ4v) is 2.16. The summed E-state index contributed by atoms with van der Waals surface area (Å²) in [6.45, 7) is 1.66. The van der Waals surface area contributed by atoms with Gasteiger partial charge in [-0.1, -0.05) is 31.8 Å². The maximum atomic E-state index is 10.1. The van der Waals surface area contributed by atoms with Crippen LogP contribution in [0, 0.1) is 5.92 Å². The van der Waals surface area contributed by atoms with Crippen LogP contribution >= 0.6 is 0 Å². The summed E-state index contributed by atoms with van der Waals surface area (Å²) in [7, 11) is 0. The van der Waals surface area contributed by atoms with Gasteiger partial charge in [-0.05, 0) is 25.3 Å². The highest BCUT2D eigenvalue weighted by molar-refractivity contribution is 5.79. The molecule has 1 aliphatic rings. The van der Waals surface area contributed by atoms with Crippen LogP contribution < -0.4 is 5.32 Å². The van der Waals surface area contributed by atoms with Gasteiger partial charge in [0, 0.05) is 12.6 Å². The maximum Gasteiger partial charge on any atom is 0.328 e. The van der Waals surface area contributed by atoms with Crippen LogP contribution in [-0.4, -0.2) is 24.2 Å². The molecule has 2 N–H and O–H groups in total. The van der Waals surface area contributed by atoms with Crippen LogP contribution in [0.4, 0.5) is 0 Å². The summed E-state index contributed by atoms with van der Waals surface area (Å²) in [5.41, 5.74) is 0. The third-order valence-electron chi connectivity index (χ3n) is 2.96.